The molecule has 2 nitrogen and oxygen atoms in total. The highest BCUT2D eigenvalue weighted by Crippen LogP contribution is 2.08. The lowest BCUT2D eigenvalue weighted by molar-refractivity contribution is 0.572. The van der Waals surface area contributed by atoms with Crippen LogP contribution in [0.4, 0.5) is 0 Å². The maximum atomic E-state index is 10.5. The first kappa shape index (κ1) is 9.69. The Morgan fingerprint density at radius 1 is 1.80 bits per heavy atom. The van der Waals surface area contributed by atoms with Gasteiger partial charge in [0.05, 0.1) is 0 Å². The Hall–Kier alpha value is -0.310. The van der Waals surface area contributed by atoms with E-state index in [1.54, 1.807) is 0 Å². The van der Waals surface area contributed by atoms with Crippen molar-refractivity contribution in [3.8, 4) is 0 Å². The Morgan fingerprint density at radius 2 is 2.40 bits per heavy atom. The van der Waals surface area contributed by atoms with Crippen LogP contribution in [0.5, 0.6) is 0 Å². The molecule has 1 N–H and O–H groups in total. The fourth-order valence-electron chi connectivity index (χ4n) is 0.841. The van der Waals surface area contributed by atoms with Crippen LogP contribution in [0.1, 0.15) is 19.8 Å². The molecule has 0 aromatic heterocycles. The van der Waals surface area contributed by atoms with Crippen LogP contribution in [-0.4, -0.2) is 9.96 Å². The average molecular weight is 161 g/mol. The van der Waals surface area contributed by atoms with E-state index in [0.29, 0.717) is 11.7 Å². The highest BCUT2D eigenvalue weighted by molar-refractivity contribution is 7.73. The molecule has 0 bridgehead atoms. The fourth-order valence-corrected chi connectivity index (χ4v) is 1.72. The minimum atomic E-state index is -1.70. The van der Waals surface area contributed by atoms with Crippen molar-refractivity contribution in [1.29, 1.82) is 4.78 Å². The van der Waals surface area contributed by atoms with Gasteiger partial charge in [0.2, 0.25) is 0 Å². The van der Waals surface area contributed by atoms with Gasteiger partial charge in [0, 0.05) is 16.3 Å². The molecular weight excluding hydrogens is 146 g/mol. The summed E-state index contributed by atoms with van der Waals surface area (Å²) in [6.45, 7) is 5.65. The molecule has 3 heteroatoms. The van der Waals surface area contributed by atoms with Gasteiger partial charge in [-0.2, -0.15) is 0 Å². The standard InChI is InChI=1S/C7H15NOS/c1-3-5-7(4-2)6-10(8)9/h3,7-8,10H,1,4-6H2,2H3/t7-/m0/s1. The normalized spacial score (nSPS) is 16.1. The Morgan fingerprint density at radius 3 is 2.70 bits per heavy atom. The quantitative estimate of drug-likeness (QED) is 0.469. The van der Waals surface area contributed by atoms with Gasteiger partial charge in [-0.1, -0.05) is 19.4 Å². The van der Waals surface area contributed by atoms with Crippen molar-refractivity contribution in [2.45, 2.75) is 19.8 Å². The van der Waals surface area contributed by atoms with Gasteiger partial charge in [0.25, 0.3) is 0 Å². The molecule has 10 heavy (non-hydrogen) atoms. The predicted molar refractivity (Wildman–Crippen MR) is 45.7 cm³/mol. The summed E-state index contributed by atoms with van der Waals surface area (Å²) in [4.78, 5) is 0. The van der Waals surface area contributed by atoms with Crippen molar-refractivity contribution in [3.05, 3.63) is 12.7 Å². The first-order valence-electron chi connectivity index (χ1n) is 3.47. The molecule has 0 heterocycles. The molecule has 0 aromatic carbocycles. The second-order valence-electron chi connectivity index (χ2n) is 2.36. The zero-order valence-corrected chi connectivity index (χ0v) is 7.23. The van der Waals surface area contributed by atoms with E-state index in [-0.39, 0.29) is 0 Å². The summed E-state index contributed by atoms with van der Waals surface area (Å²) in [5, 5.41) is 0. The monoisotopic (exact) mass is 161 g/mol. The number of nitrogens with one attached hydrogen (secondary N) is 1. The molecule has 60 valence electrons. The van der Waals surface area contributed by atoms with Gasteiger partial charge in [0.1, 0.15) is 0 Å². The molecule has 0 aromatic rings. The molecular formula is C7H15NOS. The van der Waals surface area contributed by atoms with E-state index in [1.807, 2.05) is 13.0 Å². The number of hydrogen-bond acceptors (Lipinski definition) is 2. The molecule has 0 fully saturated rings. The van der Waals surface area contributed by atoms with Crippen molar-refractivity contribution in [1.82, 2.24) is 0 Å². The molecule has 0 aliphatic heterocycles. The lowest BCUT2D eigenvalue weighted by atomic mass is 10.1. The van der Waals surface area contributed by atoms with Crippen LogP contribution in [0, 0.1) is 10.7 Å². The van der Waals surface area contributed by atoms with Crippen LogP contribution in [0.15, 0.2) is 12.7 Å². The largest absolute Gasteiger partial charge is 0.255 e. The molecule has 0 aliphatic rings. The van der Waals surface area contributed by atoms with Gasteiger partial charge in [-0.05, 0) is 12.3 Å². The zero-order chi connectivity index (χ0) is 7.98. The van der Waals surface area contributed by atoms with Crippen molar-refractivity contribution in [3.63, 3.8) is 0 Å². The minimum Gasteiger partial charge on any atom is -0.255 e. The van der Waals surface area contributed by atoms with Gasteiger partial charge < -0.3 is 0 Å². The van der Waals surface area contributed by atoms with Crippen LogP contribution >= 0.6 is 0 Å². The number of hydrogen-bond donors (Lipinski definition) is 2. The van der Waals surface area contributed by atoms with Crippen molar-refractivity contribution >= 4 is 10.6 Å². The molecule has 0 aliphatic carbocycles. The average Bonchev–Trinajstić information content (AvgIpc) is 1.86. The van der Waals surface area contributed by atoms with Crippen molar-refractivity contribution < 1.29 is 4.21 Å². The van der Waals surface area contributed by atoms with E-state index < -0.39 is 10.6 Å². The molecule has 0 saturated heterocycles. The fraction of sp³-hybridized carbons (Fsp3) is 0.714. The highest BCUT2D eigenvalue weighted by Gasteiger charge is 2.02. The van der Waals surface area contributed by atoms with E-state index in [4.69, 9.17) is 4.78 Å². The lowest BCUT2D eigenvalue weighted by Gasteiger charge is -2.06. The van der Waals surface area contributed by atoms with Crippen LogP contribution in [0.3, 0.4) is 0 Å². The molecule has 2 atom stereocenters. The smallest absolute Gasteiger partial charge is 0.0333 e. The summed E-state index contributed by atoms with van der Waals surface area (Å²) in [6, 6.07) is 0. The van der Waals surface area contributed by atoms with Crippen molar-refractivity contribution in [2.24, 2.45) is 5.92 Å². The summed E-state index contributed by atoms with van der Waals surface area (Å²) >= 11 is 0. The second kappa shape index (κ2) is 5.47. The highest BCUT2D eigenvalue weighted by atomic mass is 32.2. The molecule has 0 rings (SSSR count). The van der Waals surface area contributed by atoms with Gasteiger partial charge in [0.15, 0.2) is 0 Å². The Bertz CT molecular complexity index is 155. The summed E-state index contributed by atoms with van der Waals surface area (Å²) in [5.74, 6) is 0.927. The molecule has 0 radical (unpaired) electrons. The third-order valence-corrected chi connectivity index (χ3v) is 2.35. The zero-order valence-electron chi connectivity index (χ0n) is 6.34. The topological polar surface area (TPSA) is 40.9 Å². The number of rotatable bonds is 5. The molecule has 1 unspecified atom stereocenters. The van der Waals surface area contributed by atoms with Crippen LogP contribution < -0.4 is 0 Å². The van der Waals surface area contributed by atoms with E-state index in [2.05, 4.69) is 6.58 Å². The van der Waals surface area contributed by atoms with Crippen LogP contribution in [0.2, 0.25) is 0 Å². The molecule has 0 amide bonds. The number of thiol groups is 1. The first-order valence-corrected chi connectivity index (χ1v) is 4.92. The maximum Gasteiger partial charge on any atom is 0.0333 e. The summed E-state index contributed by atoms with van der Waals surface area (Å²) in [7, 11) is -1.70. The van der Waals surface area contributed by atoms with Gasteiger partial charge in [-0.15, -0.1) is 6.58 Å². The SMILES string of the molecule is C=CC[C@H](CC)C[SH](=N)=O. The van der Waals surface area contributed by atoms with E-state index in [0.717, 1.165) is 12.8 Å². The lowest BCUT2D eigenvalue weighted by Crippen LogP contribution is -2.03. The van der Waals surface area contributed by atoms with Crippen molar-refractivity contribution in [2.75, 3.05) is 5.75 Å². The molecule has 0 spiro atoms. The third kappa shape index (κ3) is 4.56. The Labute approximate surface area is 64.3 Å². The van der Waals surface area contributed by atoms with E-state index >= 15 is 0 Å². The van der Waals surface area contributed by atoms with Crippen LogP contribution in [0.25, 0.3) is 0 Å². The van der Waals surface area contributed by atoms with Crippen LogP contribution in [-0.2, 0) is 10.6 Å². The number of allylic oxidation sites excluding steroid dienone is 1. The van der Waals surface area contributed by atoms with E-state index in [9.17, 15) is 4.21 Å². The maximum absolute atomic E-state index is 10.5. The minimum absolute atomic E-state index is 0.401. The molecule has 0 saturated carbocycles. The summed E-state index contributed by atoms with van der Waals surface area (Å²) in [6.07, 6.45) is 3.70. The van der Waals surface area contributed by atoms with E-state index in [1.165, 1.54) is 0 Å². The second-order valence-corrected chi connectivity index (χ2v) is 3.48. The summed E-state index contributed by atoms with van der Waals surface area (Å²) in [5.41, 5.74) is 0. The first-order chi connectivity index (χ1) is 4.70. The predicted octanol–water partition coefficient (Wildman–Crippen LogP) is 1.83. The third-order valence-electron chi connectivity index (χ3n) is 1.50. The van der Waals surface area contributed by atoms with Gasteiger partial charge in [-0.25, -0.2) is 0 Å². The Kier molecular flexibility index (Phi) is 5.30. The Balaban J connectivity index is 3.70. The van der Waals surface area contributed by atoms with Gasteiger partial charge >= 0.3 is 0 Å². The summed E-state index contributed by atoms with van der Waals surface area (Å²) < 4.78 is 17.3. The van der Waals surface area contributed by atoms with Gasteiger partial charge in [-0.3, -0.25) is 8.99 Å².